The summed E-state index contributed by atoms with van der Waals surface area (Å²) in [7, 11) is 3.67. The van der Waals surface area contributed by atoms with Crippen LogP contribution in [0.25, 0.3) is 0 Å². The van der Waals surface area contributed by atoms with Crippen molar-refractivity contribution in [2.24, 2.45) is 0 Å². The standard InChI is InChI=1S/C25H33N3O4/c1-19(29)21-10-11-23(24(16-21)31-3)32-18-25(30)26-12-7-13-28-15-14-27(2)17-22(28)20-8-5-4-6-9-20/h4-6,8-11,16,22H,7,12-15,17-18H2,1-3H3,(H,26,30). The molecule has 7 heteroatoms. The van der Waals surface area contributed by atoms with E-state index < -0.39 is 0 Å². The van der Waals surface area contributed by atoms with Crippen molar-refractivity contribution < 1.29 is 19.1 Å². The summed E-state index contributed by atoms with van der Waals surface area (Å²) >= 11 is 0. The third kappa shape index (κ3) is 6.55. The molecule has 1 fully saturated rings. The fraction of sp³-hybridized carbons (Fsp3) is 0.440. The second-order valence-electron chi connectivity index (χ2n) is 8.14. The lowest BCUT2D eigenvalue weighted by molar-refractivity contribution is -0.123. The maximum Gasteiger partial charge on any atom is 0.257 e. The van der Waals surface area contributed by atoms with E-state index in [1.807, 2.05) is 6.07 Å². The number of rotatable bonds is 10. The van der Waals surface area contributed by atoms with Gasteiger partial charge in [0.15, 0.2) is 23.9 Å². The van der Waals surface area contributed by atoms with Gasteiger partial charge in [-0.3, -0.25) is 14.5 Å². The van der Waals surface area contributed by atoms with Crippen LogP contribution in [0.3, 0.4) is 0 Å². The molecule has 1 aliphatic heterocycles. The minimum atomic E-state index is -0.180. The van der Waals surface area contributed by atoms with Gasteiger partial charge in [0.25, 0.3) is 5.91 Å². The number of carbonyl (C=O) groups is 2. The van der Waals surface area contributed by atoms with Gasteiger partial charge in [-0.2, -0.15) is 0 Å². The SMILES string of the molecule is COc1cc(C(C)=O)ccc1OCC(=O)NCCCN1CCN(C)CC1c1ccccc1. The molecule has 1 unspecified atom stereocenters. The third-order valence-electron chi connectivity index (χ3n) is 5.75. The lowest BCUT2D eigenvalue weighted by Gasteiger charge is -2.40. The number of hydrogen-bond acceptors (Lipinski definition) is 6. The maximum atomic E-state index is 12.2. The predicted octanol–water partition coefficient (Wildman–Crippen LogP) is 2.77. The molecule has 2 aromatic carbocycles. The van der Waals surface area contributed by atoms with E-state index in [2.05, 4.69) is 46.4 Å². The summed E-state index contributed by atoms with van der Waals surface area (Å²) in [6.07, 6.45) is 0.870. The van der Waals surface area contributed by atoms with Crippen molar-refractivity contribution in [3.63, 3.8) is 0 Å². The van der Waals surface area contributed by atoms with Gasteiger partial charge in [-0.15, -0.1) is 0 Å². The van der Waals surface area contributed by atoms with Gasteiger partial charge in [0.05, 0.1) is 7.11 Å². The average Bonchev–Trinajstić information content (AvgIpc) is 2.81. The molecule has 1 saturated heterocycles. The number of methoxy groups -OCH3 is 1. The maximum absolute atomic E-state index is 12.2. The number of nitrogens with zero attached hydrogens (tertiary/aromatic N) is 2. The highest BCUT2D eigenvalue weighted by atomic mass is 16.5. The van der Waals surface area contributed by atoms with Crippen LogP contribution in [0.4, 0.5) is 0 Å². The molecule has 1 N–H and O–H groups in total. The zero-order chi connectivity index (χ0) is 22.9. The minimum absolute atomic E-state index is 0.0533. The summed E-state index contributed by atoms with van der Waals surface area (Å²) in [5.74, 6) is 0.645. The van der Waals surface area contributed by atoms with Crippen LogP contribution < -0.4 is 14.8 Å². The fourth-order valence-corrected chi connectivity index (χ4v) is 3.93. The molecule has 1 aliphatic rings. The summed E-state index contributed by atoms with van der Waals surface area (Å²) in [5.41, 5.74) is 1.87. The van der Waals surface area contributed by atoms with E-state index in [0.717, 1.165) is 32.6 Å². The summed E-state index contributed by atoms with van der Waals surface area (Å²) in [6.45, 7) is 5.99. The Balaban J connectivity index is 1.43. The molecule has 0 spiro atoms. The van der Waals surface area contributed by atoms with Crippen LogP contribution in [0.5, 0.6) is 11.5 Å². The molecule has 0 radical (unpaired) electrons. The monoisotopic (exact) mass is 439 g/mol. The molecular formula is C25H33N3O4. The second kappa shape index (κ2) is 11.6. The first kappa shape index (κ1) is 23.8. The molecular weight excluding hydrogens is 406 g/mol. The average molecular weight is 440 g/mol. The Labute approximate surface area is 190 Å². The molecule has 0 aliphatic carbocycles. The van der Waals surface area contributed by atoms with Crippen molar-refractivity contribution in [2.45, 2.75) is 19.4 Å². The normalized spacial score (nSPS) is 17.0. The van der Waals surface area contributed by atoms with E-state index in [1.54, 1.807) is 18.2 Å². The summed E-state index contributed by atoms with van der Waals surface area (Å²) in [4.78, 5) is 28.6. The van der Waals surface area contributed by atoms with Crippen molar-refractivity contribution in [3.05, 3.63) is 59.7 Å². The number of hydrogen-bond donors (Lipinski definition) is 1. The van der Waals surface area contributed by atoms with Crippen LogP contribution in [-0.2, 0) is 4.79 Å². The highest BCUT2D eigenvalue weighted by Crippen LogP contribution is 2.28. The second-order valence-corrected chi connectivity index (χ2v) is 8.14. The van der Waals surface area contributed by atoms with Crippen molar-refractivity contribution in [2.75, 3.05) is 53.5 Å². The Hall–Kier alpha value is -2.90. The van der Waals surface area contributed by atoms with Gasteiger partial charge in [0, 0.05) is 44.3 Å². The van der Waals surface area contributed by atoms with Gasteiger partial charge < -0.3 is 19.7 Å². The lowest BCUT2D eigenvalue weighted by Crippen LogP contribution is -2.47. The Morgan fingerprint density at radius 1 is 1.09 bits per heavy atom. The van der Waals surface area contributed by atoms with Crippen LogP contribution in [-0.4, -0.2) is 75.0 Å². The van der Waals surface area contributed by atoms with E-state index in [9.17, 15) is 9.59 Å². The molecule has 1 atom stereocenters. The molecule has 1 heterocycles. The zero-order valence-corrected chi connectivity index (χ0v) is 19.2. The highest BCUT2D eigenvalue weighted by molar-refractivity contribution is 5.94. The Bertz CT molecular complexity index is 903. The van der Waals surface area contributed by atoms with Crippen molar-refractivity contribution in [3.8, 4) is 11.5 Å². The van der Waals surface area contributed by atoms with E-state index in [-0.39, 0.29) is 18.3 Å². The number of nitrogens with one attached hydrogen (secondary N) is 1. The first-order valence-corrected chi connectivity index (χ1v) is 11.0. The molecule has 172 valence electrons. The summed E-state index contributed by atoms with van der Waals surface area (Å²) < 4.78 is 10.9. The molecule has 32 heavy (non-hydrogen) atoms. The first-order valence-electron chi connectivity index (χ1n) is 11.0. The Morgan fingerprint density at radius 2 is 1.88 bits per heavy atom. The lowest BCUT2D eigenvalue weighted by atomic mass is 10.0. The predicted molar refractivity (Wildman–Crippen MR) is 124 cm³/mol. The molecule has 0 bridgehead atoms. The molecule has 0 saturated carbocycles. The summed E-state index contributed by atoms with van der Waals surface area (Å²) in [6, 6.07) is 15.9. The van der Waals surface area contributed by atoms with Gasteiger partial charge in [0.2, 0.25) is 0 Å². The van der Waals surface area contributed by atoms with Crippen LogP contribution in [0.2, 0.25) is 0 Å². The summed E-state index contributed by atoms with van der Waals surface area (Å²) in [5, 5.41) is 2.93. The van der Waals surface area contributed by atoms with Crippen molar-refractivity contribution >= 4 is 11.7 Å². The number of ether oxygens (including phenoxy) is 2. The quantitative estimate of drug-likeness (QED) is 0.453. The van der Waals surface area contributed by atoms with Crippen LogP contribution in [0, 0.1) is 0 Å². The van der Waals surface area contributed by atoms with Crippen molar-refractivity contribution in [1.82, 2.24) is 15.1 Å². The van der Waals surface area contributed by atoms with Gasteiger partial charge in [-0.05, 0) is 44.2 Å². The van der Waals surface area contributed by atoms with Crippen LogP contribution >= 0.6 is 0 Å². The van der Waals surface area contributed by atoms with Gasteiger partial charge >= 0.3 is 0 Å². The molecule has 3 rings (SSSR count). The minimum Gasteiger partial charge on any atom is -0.493 e. The number of ketones is 1. The van der Waals surface area contributed by atoms with Gasteiger partial charge in [0.1, 0.15) is 0 Å². The smallest absolute Gasteiger partial charge is 0.257 e. The Morgan fingerprint density at radius 3 is 2.59 bits per heavy atom. The van der Waals surface area contributed by atoms with E-state index in [0.29, 0.717) is 29.6 Å². The fourth-order valence-electron chi connectivity index (χ4n) is 3.93. The van der Waals surface area contributed by atoms with Gasteiger partial charge in [-0.1, -0.05) is 30.3 Å². The molecule has 1 amide bonds. The van der Waals surface area contributed by atoms with Crippen molar-refractivity contribution in [1.29, 1.82) is 0 Å². The number of likely N-dealkylation sites (N-methyl/N-ethyl adjacent to an activating group) is 1. The topological polar surface area (TPSA) is 71.1 Å². The Kier molecular flexibility index (Phi) is 8.64. The van der Waals surface area contributed by atoms with Crippen LogP contribution in [0.1, 0.15) is 35.3 Å². The number of amides is 1. The first-order chi connectivity index (χ1) is 15.5. The van der Waals surface area contributed by atoms with E-state index >= 15 is 0 Å². The van der Waals surface area contributed by atoms with E-state index in [4.69, 9.17) is 9.47 Å². The number of Topliss-reactive ketones (excluding diaryl/α,β-unsaturated/α-hetero) is 1. The zero-order valence-electron chi connectivity index (χ0n) is 19.2. The molecule has 0 aromatic heterocycles. The third-order valence-corrected chi connectivity index (χ3v) is 5.75. The number of benzene rings is 2. The van der Waals surface area contributed by atoms with Crippen LogP contribution in [0.15, 0.2) is 48.5 Å². The largest absolute Gasteiger partial charge is 0.493 e. The molecule has 2 aromatic rings. The van der Waals surface area contributed by atoms with E-state index in [1.165, 1.54) is 19.6 Å². The number of piperazine rings is 1. The number of carbonyl (C=O) groups excluding carboxylic acids is 2. The highest BCUT2D eigenvalue weighted by Gasteiger charge is 2.25. The molecule has 7 nitrogen and oxygen atoms in total. The van der Waals surface area contributed by atoms with Gasteiger partial charge in [-0.25, -0.2) is 0 Å².